The number of piperidine rings is 1. The molecule has 9 nitrogen and oxygen atoms in total. The van der Waals surface area contributed by atoms with Crippen molar-refractivity contribution in [3.63, 3.8) is 0 Å². The van der Waals surface area contributed by atoms with Crippen molar-refractivity contribution >= 4 is 22.8 Å². The maximum atomic E-state index is 14.1. The Bertz CT molecular complexity index is 1490. The molecule has 2 N–H and O–H groups in total. The van der Waals surface area contributed by atoms with Gasteiger partial charge in [-0.1, -0.05) is 51.4 Å². The van der Waals surface area contributed by atoms with E-state index < -0.39 is 0 Å². The zero-order valence-electron chi connectivity index (χ0n) is 26.5. The minimum Gasteiger partial charge on any atom is -0.486 e. The summed E-state index contributed by atoms with van der Waals surface area (Å²) < 4.78 is 13.4. The standard InChI is InChI=1S/C35H47N5O4/c1-23(2)40-32-27(21-37-40)26(19-29(39-32)25-12-13-30-31(18-25)44-17-16-43-30)33(41)36-22-28-34(42)38-24(3)20-35(28)14-10-8-6-4-5-7-9-11-15-35/h12-13,18-19,21,23-24,28H,4-11,14-17,20,22H2,1-3H3,(H,36,41)(H,38,42). The molecule has 2 unspecified atom stereocenters. The third kappa shape index (κ3) is 6.28. The quantitative estimate of drug-likeness (QED) is 0.341. The highest BCUT2D eigenvalue weighted by molar-refractivity contribution is 6.06. The van der Waals surface area contributed by atoms with E-state index in [9.17, 15) is 9.59 Å². The van der Waals surface area contributed by atoms with Crippen LogP contribution in [0, 0.1) is 11.3 Å². The van der Waals surface area contributed by atoms with Crippen LogP contribution in [0.1, 0.15) is 108 Å². The molecule has 2 aliphatic heterocycles. The van der Waals surface area contributed by atoms with E-state index in [2.05, 4.69) is 22.7 Å². The predicted octanol–water partition coefficient (Wildman–Crippen LogP) is 6.61. The smallest absolute Gasteiger partial charge is 0.252 e. The summed E-state index contributed by atoms with van der Waals surface area (Å²) in [6.45, 7) is 7.55. The first-order valence-corrected chi connectivity index (χ1v) is 16.7. The van der Waals surface area contributed by atoms with Crippen LogP contribution in [0.15, 0.2) is 30.5 Å². The Morgan fingerprint density at radius 1 is 1.02 bits per heavy atom. The fourth-order valence-electron chi connectivity index (χ4n) is 7.65. The Labute approximate surface area is 260 Å². The van der Waals surface area contributed by atoms with Crippen LogP contribution in [0.2, 0.25) is 0 Å². The first-order valence-electron chi connectivity index (χ1n) is 16.7. The van der Waals surface area contributed by atoms with Crippen molar-refractivity contribution in [3.8, 4) is 22.8 Å². The van der Waals surface area contributed by atoms with Crippen LogP contribution >= 0.6 is 0 Å². The van der Waals surface area contributed by atoms with Gasteiger partial charge in [0.1, 0.15) is 13.2 Å². The minimum absolute atomic E-state index is 0.0657. The molecule has 2 aromatic heterocycles. The van der Waals surface area contributed by atoms with Gasteiger partial charge in [0.2, 0.25) is 5.91 Å². The van der Waals surface area contributed by atoms with Crippen molar-refractivity contribution in [1.82, 2.24) is 25.4 Å². The zero-order chi connectivity index (χ0) is 30.7. The number of nitrogens with one attached hydrogen (secondary N) is 2. The number of benzene rings is 1. The maximum Gasteiger partial charge on any atom is 0.252 e. The Morgan fingerprint density at radius 2 is 1.70 bits per heavy atom. The number of aromatic nitrogens is 3. The Balaban J connectivity index is 1.30. The normalized spacial score (nSPS) is 22.4. The Kier molecular flexibility index (Phi) is 9.10. The van der Waals surface area contributed by atoms with Gasteiger partial charge in [-0.2, -0.15) is 5.10 Å². The first kappa shape index (κ1) is 30.4. The average molecular weight is 602 g/mol. The predicted molar refractivity (Wildman–Crippen MR) is 171 cm³/mol. The second kappa shape index (κ2) is 13.2. The van der Waals surface area contributed by atoms with Gasteiger partial charge in [-0.25, -0.2) is 9.67 Å². The Hall–Kier alpha value is -3.62. The number of hydrogen-bond acceptors (Lipinski definition) is 6. The lowest BCUT2D eigenvalue weighted by Gasteiger charge is -2.46. The number of amides is 2. The van der Waals surface area contributed by atoms with E-state index in [-0.39, 0.29) is 35.2 Å². The first-order chi connectivity index (χ1) is 21.3. The van der Waals surface area contributed by atoms with E-state index in [1.165, 1.54) is 38.5 Å². The highest BCUT2D eigenvalue weighted by Crippen LogP contribution is 2.46. The number of ether oxygens (including phenoxy) is 2. The van der Waals surface area contributed by atoms with E-state index in [0.717, 1.165) is 37.7 Å². The highest BCUT2D eigenvalue weighted by Gasteiger charge is 2.46. The monoisotopic (exact) mass is 601 g/mol. The van der Waals surface area contributed by atoms with Crippen LogP contribution in [0.25, 0.3) is 22.3 Å². The SMILES string of the molecule is CC1CC2(CCCCCCCCCC2)C(CNC(=O)c2cc(-c3ccc4c(c3)OCCO4)nc3c2cnn3C(C)C)C(=O)N1. The minimum atomic E-state index is -0.253. The molecule has 1 aliphatic carbocycles. The van der Waals surface area contributed by atoms with Gasteiger partial charge in [-0.05, 0) is 69.7 Å². The van der Waals surface area contributed by atoms with Crippen molar-refractivity contribution in [2.75, 3.05) is 19.8 Å². The van der Waals surface area contributed by atoms with Gasteiger partial charge in [0, 0.05) is 24.2 Å². The summed E-state index contributed by atoms with van der Waals surface area (Å²) in [6, 6.07) is 7.79. The zero-order valence-corrected chi connectivity index (χ0v) is 26.5. The van der Waals surface area contributed by atoms with Gasteiger partial charge in [-0.15, -0.1) is 0 Å². The van der Waals surface area contributed by atoms with Crippen molar-refractivity contribution < 1.29 is 19.1 Å². The van der Waals surface area contributed by atoms with Crippen molar-refractivity contribution in [1.29, 1.82) is 0 Å². The van der Waals surface area contributed by atoms with E-state index in [4.69, 9.17) is 14.5 Å². The summed E-state index contributed by atoms with van der Waals surface area (Å²) in [5, 5.41) is 11.7. The molecule has 1 aromatic carbocycles. The molecule has 236 valence electrons. The fraction of sp³-hybridized carbons (Fsp3) is 0.600. The second-order valence-electron chi connectivity index (χ2n) is 13.4. The molecule has 0 bridgehead atoms. The van der Waals surface area contributed by atoms with Crippen LogP contribution in [0.5, 0.6) is 11.5 Å². The molecule has 6 rings (SSSR count). The summed E-state index contributed by atoms with van der Waals surface area (Å²) in [6.07, 6.45) is 14.7. The third-order valence-corrected chi connectivity index (χ3v) is 9.86. The molecule has 2 amide bonds. The largest absolute Gasteiger partial charge is 0.486 e. The second-order valence-corrected chi connectivity index (χ2v) is 13.4. The van der Waals surface area contributed by atoms with E-state index in [1.807, 2.05) is 42.8 Å². The van der Waals surface area contributed by atoms with Gasteiger partial charge < -0.3 is 20.1 Å². The summed E-state index contributed by atoms with van der Waals surface area (Å²) in [4.78, 5) is 32.6. The number of fused-ring (bicyclic) bond motifs is 2. The van der Waals surface area contributed by atoms with Crippen LogP contribution in [0.4, 0.5) is 0 Å². The maximum absolute atomic E-state index is 14.1. The summed E-state index contributed by atoms with van der Waals surface area (Å²) in [5.41, 5.74) is 2.56. The van der Waals surface area contributed by atoms with Gasteiger partial charge in [0.15, 0.2) is 17.1 Å². The number of rotatable bonds is 5. The average Bonchev–Trinajstić information content (AvgIpc) is 3.43. The molecular formula is C35H47N5O4. The van der Waals surface area contributed by atoms with E-state index in [0.29, 0.717) is 53.5 Å². The lowest BCUT2D eigenvalue weighted by molar-refractivity contribution is -0.135. The van der Waals surface area contributed by atoms with Crippen molar-refractivity contribution in [2.45, 2.75) is 103 Å². The number of pyridine rings is 1. The molecule has 1 saturated carbocycles. The molecule has 0 radical (unpaired) electrons. The molecule has 3 aromatic rings. The third-order valence-electron chi connectivity index (χ3n) is 9.86. The number of hydrogen-bond donors (Lipinski definition) is 2. The topological polar surface area (TPSA) is 107 Å². The molecule has 4 heterocycles. The summed E-state index contributed by atoms with van der Waals surface area (Å²) >= 11 is 0. The highest BCUT2D eigenvalue weighted by atomic mass is 16.6. The van der Waals surface area contributed by atoms with Crippen molar-refractivity contribution in [2.24, 2.45) is 11.3 Å². The fourth-order valence-corrected chi connectivity index (χ4v) is 7.65. The number of carbonyl (C=O) groups excluding carboxylic acids is 2. The van der Waals surface area contributed by atoms with Crippen LogP contribution in [-0.4, -0.2) is 52.4 Å². The lowest BCUT2D eigenvalue weighted by Crippen LogP contribution is -2.56. The Morgan fingerprint density at radius 3 is 2.41 bits per heavy atom. The van der Waals surface area contributed by atoms with Crippen LogP contribution < -0.4 is 20.1 Å². The van der Waals surface area contributed by atoms with Crippen LogP contribution in [0.3, 0.4) is 0 Å². The van der Waals surface area contributed by atoms with E-state index in [1.54, 1.807) is 6.20 Å². The van der Waals surface area contributed by atoms with Crippen LogP contribution in [-0.2, 0) is 4.79 Å². The molecule has 2 atom stereocenters. The number of carbonyl (C=O) groups is 2. The number of nitrogens with zero attached hydrogens (tertiary/aromatic N) is 3. The molecule has 2 fully saturated rings. The van der Waals surface area contributed by atoms with Gasteiger partial charge in [0.25, 0.3) is 5.91 Å². The molecule has 1 spiro atoms. The van der Waals surface area contributed by atoms with Gasteiger partial charge in [-0.3, -0.25) is 9.59 Å². The molecule has 1 saturated heterocycles. The summed E-state index contributed by atoms with van der Waals surface area (Å²) in [5.74, 6) is 0.984. The molecule has 3 aliphatic rings. The molecule has 44 heavy (non-hydrogen) atoms. The molecule has 9 heteroatoms. The molecular weight excluding hydrogens is 554 g/mol. The lowest BCUT2D eigenvalue weighted by atomic mass is 9.63. The summed E-state index contributed by atoms with van der Waals surface area (Å²) in [7, 11) is 0. The van der Waals surface area contributed by atoms with Gasteiger partial charge in [0.05, 0.1) is 28.8 Å². The van der Waals surface area contributed by atoms with Crippen molar-refractivity contribution in [3.05, 3.63) is 36.0 Å². The van der Waals surface area contributed by atoms with E-state index >= 15 is 0 Å². The van der Waals surface area contributed by atoms with Gasteiger partial charge >= 0.3 is 0 Å².